The quantitative estimate of drug-likeness (QED) is 0.608. The average Bonchev–Trinajstić information content (AvgIpc) is 2.03. The highest BCUT2D eigenvalue weighted by Gasteiger charge is 2.10. The molecule has 0 radical (unpaired) electrons. The fraction of sp³-hybridized carbons (Fsp3) is 0.889. The first-order chi connectivity index (χ1) is 5.99. The molecule has 0 N–H and O–H groups in total. The maximum absolute atomic E-state index is 10.6. The summed E-state index contributed by atoms with van der Waals surface area (Å²) in [4.78, 5) is 14.0. The normalized spacial score (nSPS) is 13.0. The van der Waals surface area contributed by atoms with Gasteiger partial charge < -0.3 is 19.7 Å². The number of amides is 1. The van der Waals surface area contributed by atoms with Crippen molar-refractivity contribution >= 4 is 6.09 Å². The molecule has 0 heterocycles. The number of carbonyl (C=O) groups is 1. The van der Waals surface area contributed by atoms with Crippen LogP contribution in [0.5, 0.6) is 0 Å². The van der Waals surface area contributed by atoms with Gasteiger partial charge in [-0.1, -0.05) is 6.92 Å². The average molecular weight is 187 g/mol. The van der Waals surface area contributed by atoms with Gasteiger partial charge >= 0.3 is 0 Å². The summed E-state index contributed by atoms with van der Waals surface area (Å²) in [6, 6.07) is 0.226. The lowest BCUT2D eigenvalue weighted by Gasteiger charge is -2.30. The smallest absolute Gasteiger partial charge is 0.136 e. The Balaban J connectivity index is 4.01. The third kappa shape index (κ3) is 4.72. The molecule has 1 unspecified atom stereocenters. The Labute approximate surface area is 80.1 Å². The third-order valence-electron chi connectivity index (χ3n) is 2.12. The van der Waals surface area contributed by atoms with E-state index in [1.165, 1.54) is 4.90 Å². The van der Waals surface area contributed by atoms with Gasteiger partial charge in [-0.05, 0) is 27.4 Å². The van der Waals surface area contributed by atoms with E-state index in [9.17, 15) is 9.90 Å². The standard InChI is InChI=1S/C9H20N2O2/c1-5-6-11(9(12)13)7-8(2)10(3)4/h8H,5-7H2,1-4H3,(H,12,13)/p-1. The van der Waals surface area contributed by atoms with Crippen molar-refractivity contribution < 1.29 is 9.90 Å². The van der Waals surface area contributed by atoms with Crippen LogP contribution in [-0.4, -0.2) is 49.1 Å². The number of nitrogens with zero attached hydrogens (tertiary/aromatic N) is 2. The van der Waals surface area contributed by atoms with Crippen molar-refractivity contribution in [3.63, 3.8) is 0 Å². The van der Waals surface area contributed by atoms with Crippen molar-refractivity contribution in [2.75, 3.05) is 27.2 Å². The number of rotatable bonds is 5. The summed E-state index contributed by atoms with van der Waals surface area (Å²) in [5, 5.41) is 10.6. The molecule has 0 rings (SSSR count). The second-order valence-corrected chi connectivity index (χ2v) is 3.52. The van der Waals surface area contributed by atoms with Crippen molar-refractivity contribution in [2.24, 2.45) is 0 Å². The molecule has 78 valence electrons. The summed E-state index contributed by atoms with van der Waals surface area (Å²) >= 11 is 0. The fourth-order valence-corrected chi connectivity index (χ4v) is 1.01. The van der Waals surface area contributed by atoms with Gasteiger partial charge in [0.05, 0.1) is 0 Å². The zero-order chi connectivity index (χ0) is 10.4. The molecule has 0 aromatic heterocycles. The van der Waals surface area contributed by atoms with Crippen LogP contribution < -0.4 is 5.11 Å². The second kappa shape index (κ2) is 5.80. The number of likely N-dealkylation sites (N-methyl/N-ethyl adjacent to an activating group) is 1. The van der Waals surface area contributed by atoms with E-state index in [1.807, 2.05) is 32.8 Å². The third-order valence-corrected chi connectivity index (χ3v) is 2.12. The first kappa shape index (κ1) is 12.2. The van der Waals surface area contributed by atoms with Crippen molar-refractivity contribution in [1.82, 2.24) is 9.80 Å². The second-order valence-electron chi connectivity index (χ2n) is 3.52. The molecule has 0 fully saturated rings. The van der Waals surface area contributed by atoms with Crippen LogP contribution >= 0.6 is 0 Å². The van der Waals surface area contributed by atoms with Gasteiger partial charge in [0, 0.05) is 19.1 Å². The van der Waals surface area contributed by atoms with Crippen LogP contribution in [-0.2, 0) is 0 Å². The SMILES string of the molecule is CCCN(CC(C)N(C)C)C(=O)[O-]. The summed E-state index contributed by atoms with van der Waals surface area (Å²) in [7, 11) is 3.87. The van der Waals surface area contributed by atoms with Crippen LogP contribution in [0.3, 0.4) is 0 Å². The summed E-state index contributed by atoms with van der Waals surface area (Å²) in [5.41, 5.74) is 0. The first-order valence-corrected chi connectivity index (χ1v) is 4.61. The van der Waals surface area contributed by atoms with Crippen molar-refractivity contribution in [3.8, 4) is 0 Å². The minimum atomic E-state index is -1.07. The van der Waals surface area contributed by atoms with Gasteiger partial charge in [-0.3, -0.25) is 0 Å². The fourth-order valence-electron chi connectivity index (χ4n) is 1.01. The molecule has 0 bridgehead atoms. The Morgan fingerprint density at radius 3 is 2.31 bits per heavy atom. The van der Waals surface area contributed by atoms with E-state index in [1.54, 1.807) is 0 Å². The number of hydrogen-bond acceptors (Lipinski definition) is 3. The van der Waals surface area contributed by atoms with E-state index in [4.69, 9.17) is 0 Å². The Kier molecular flexibility index (Phi) is 5.46. The zero-order valence-corrected chi connectivity index (χ0v) is 8.91. The van der Waals surface area contributed by atoms with Crippen molar-refractivity contribution in [3.05, 3.63) is 0 Å². The lowest BCUT2D eigenvalue weighted by Crippen LogP contribution is -2.47. The minimum absolute atomic E-state index is 0.226. The molecule has 4 heteroatoms. The van der Waals surface area contributed by atoms with Gasteiger partial charge in [0.1, 0.15) is 6.09 Å². The highest BCUT2D eigenvalue weighted by atomic mass is 16.4. The van der Waals surface area contributed by atoms with Gasteiger partial charge in [0.25, 0.3) is 0 Å². The van der Waals surface area contributed by atoms with Gasteiger partial charge in [-0.2, -0.15) is 0 Å². The molecule has 1 amide bonds. The molecular weight excluding hydrogens is 168 g/mol. The highest BCUT2D eigenvalue weighted by Crippen LogP contribution is 1.98. The summed E-state index contributed by atoms with van der Waals surface area (Å²) < 4.78 is 0. The molecule has 0 saturated carbocycles. The van der Waals surface area contributed by atoms with Crippen LogP contribution in [0.4, 0.5) is 4.79 Å². The molecule has 0 aromatic carbocycles. The monoisotopic (exact) mass is 187 g/mol. The topological polar surface area (TPSA) is 46.6 Å². The highest BCUT2D eigenvalue weighted by molar-refractivity contribution is 5.62. The first-order valence-electron chi connectivity index (χ1n) is 4.61. The summed E-state index contributed by atoms with van der Waals surface area (Å²) in [5.74, 6) is 0. The van der Waals surface area contributed by atoms with Crippen LogP contribution in [0.2, 0.25) is 0 Å². The molecule has 4 nitrogen and oxygen atoms in total. The maximum Gasteiger partial charge on any atom is 0.136 e. The minimum Gasteiger partial charge on any atom is -0.530 e. The van der Waals surface area contributed by atoms with E-state index in [0.29, 0.717) is 13.1 Å². The predicted octanol–water partition coefficient (Wildman–Crippen LogP) is -0.00820. The van der Waals surface area contributed by atoms with Gasteiger partial charge in [0.2, 0.25) is 0 Å². The van der Waals surface area contributed by atoms with Crippen LogP contribution in [0.1, 0.15) is 20.3 Å². The molecular formula is C9H19N2O2-. The van der Waals surface area contributed by atoms with E-state index in [2.05, 4.69) is 0 Å². The Bertz CT molecular complexity index is 160. The molecule has 0 saturated heterocycles. The molecule has 1 atom stereocenters. The molecule has 0 spiro atoms. The maximum atomic E-state index is 10.6. The van der Waals surface area contributed by atoms with E-state index < -0.39 is 6.09 Å². The predicted molar refractivity (Wildman–Crippen MR) is 50.4 cm³/mol. The largest absolute Gasteiger partial charge is 0.530 e. The van der Waals surface area contributed by atoms with E-state index in [-0.39, 0.29) is 6.04 Å². The Morgan fingerprint density at radius 2 is 2.00 bits per heavy atom. The zero-order valence-electron chi connectivity index (χ0n) is 8.91. The number of carbonyl (C=O) groups excluding carboxylic acids is 1. The molecule has 0 aliphatic rings. The summed E-state index contributed by atoms with van der Waals surface area (Å²) in [6.07, 6.45) is -0.246. The molecule has 0 aliphatic heterocycles. The van der Waals surface area contributed by atoms with E-state index >= 15 is 0 Å². The Morgan fingerprint density at radius 1 is 1.46 bits per heavy atom. The van der Waals surface area contributed by atoms with E-state index in [0.717, 1.165) is 6.42 Å². The van der Waals surface area contributed by atoms with Crippen molar-refractivity contribution in [1.29, 1.82) is 0 Å². The van der Waals surface area contributed by atoms with Gasteiger partial charge in [-0.15, -0.1) is 0 Å². The molecule has 13 heavy (non-hydrogen) atoms. The molecule has 0 aliphatic carbocycles. The number of carboxylic acid groups (broad SMARTS) is 1. The Hall–Kier alpha value is -0.770. The van der Waals surface area contributed by atoms with Gasteiger partial charge in [-0.25, -0.2) is 0 Å². The number of hydrogen-bond donors (Lipinski definition) is 0. The van der Waals surface area contributed by atoms with Gasteiger partial charge in [0.15, 0.2) is 0 Å². The lowest BCUT2D eigenvalue weighted by atomic mass is 10.3. The van der Waals surface area contributed by atoms with Crippen LogP contribution in [0.15, 0.2) is 0 Å². The van der Waals surface area contributed by atoms with Crippen LogP contribution in [0.25, 0.3) is 0 Å². The van der Waals surface area contributed by atoms with Crippen LogP contribution in [0, 0.1) is 0 Å². The molecule has 0 aromatic rings. The summed E-state index contributed by atoms with van der Waals surface area (Å²) in [6.45, 7) is 5.02. The lowest BCUT2D eigenvalue weighted by molar-refractivity contribution is -0.266. The van der Waals surface area contributed by atoms with Crippen molar-refractivity contribution in [2.45, 2.75) is 26.3 Å².